The SMILES string of the molecule is CC(Cl)c1nc2cc(C(F)(F)F)ccc2n1CC1(C)CC1. The van der Waals surface area contributed by atoms with Gasteiger partial charge >= 0.3 is 6.18 Å². The summed E-state index contributed by atoms with van der Waals surface area (Å²) in [7, 11) is 0. The molecule has 1 aliphatic rings. The molecular weight excluding hydrogens is 301 g/mol. The van der Waals surface area contributed by atoms with E-state index in [1.54, 1.807) is 6.92 Å². The molecule has 1 aliphatic carbocycles. The van der Waals surface area contributed by atoms with Crippen molar-refractivity contribution in [1.29, 1.82) is 0 Å². The van der Waals surface area contributed by atoms with Gasteiger partial charge in [-0.2, -0.15) is 13.2 Å². The summed E-state index contributed by atoms with van der Waals surface area (Å²) in [4.78, 5) is 4.33. The number of fused-ring (bicyclic) bond motifs is 1. The van der Waals surface area contributed by atoms with Gasteiger partial charge in [0.05, 0.1) is 22.0 Å². The lowest BCUT2D eigenvalue weighted by Gasteiger charge is -2.15. The Kier molecular flexibility index (Phi) is 3.24. The van der Waals surface area contributed by atoms with Gasteiger partial charge in [0.2, 0.25) is 0 Å². The van der Waals surface area contributed by atoms with Crippen molar-refractivity contribution in [3.8, 4) is 0 Å². The van der Waals surface area contributed by atoms with Crippen LogP contribution in [0.3, 0.4) is 0 Å². The van der Waals surface area contributed by atoms with Crippen LogP contribution in [0.2, 0.25) is 0 Å². The van der Waals surface area contributed by atoms with Crippen LogP contribution in [-0.2, 0) is 12.7 Å². The fourth-order valence-electron chi connectivity index (χ4n) is 2.55. The topological polar surface area (TPSA) is 17.8 Å². The van der Waals surface area contributed by atoms with Crippen molar-refractivity contribution in [1.82, 2.24) is 9.55 Å². The van der Waals surface area contributed by atoms with Crippen LogP contribution in [0.5, 0.6) is 0 Å². The summed E-state index contributed by atoms with van der Waals surface area (Å²) in [5, 5.41) is -0.339. The van der Waals surface area contributed by atoms with E-state index in [-0.39, 0.29) is 10.8 Å². The second kappa shape index (κ2) is 4.63. The Morgan fingerprint density at radius 1 is 1.38 bits per heavy atom. The largest absolute Gasteiger partial charge is 0.416 e. The number of halogens is 4. The molecule has 0 radical (unpaired) electrons. The second-order valence-corrected chi connectivity index (χ2v) is 6.84. The van der Waals surface area contributed by atoms with Crippen LogP contribution < -0.4 is 0 Å². The minimum Gasteiger partial charge on any atom is -0.326 e. The minimum absolute atomic E-state index is 0.219. The van der Waals surface area contributed by atoms with Gasteiger partial charge in [-0.3, -0.25) is 0 Å². The van der Waals surface area contributed by atoms with Gasteiger partial charge in [-0.25, -0.2) is 4.98 Å². The Bertz CT molecular complexity index is 684. The standard InChI is InChI=1S/C15H16ClF3N2/c1-9(16)13-20-11-7-10(15(17,18)19)3-4-12(11)21(13)8-14(2)5-6-14/h3-4,7,9H,5-6,8H2,1-2H3. The number of benzene rings is 1. The van der Waals surface area contributed by atoms with Crippen molar-refractivity contribution < 1.29 is 13.2 Å². The Balaban J connectivity index is 2.13. The van der Waals surface area contributed by atoms with E-state index >= 15 is 0 Å². The van der Waals surface area contributed by atoms with Crippen molar-refractivity contribution in [3.63, 3.8) is 0 Å². The number of hydrogen-bond donors (Lipinski definition) is 0. The average Bonchev–Trinajstić information content (AvgIpc) is 2.98. The highest BCUT2D eigenvalue weighted by Crippen LogP contribution is 2.47. The number of rotatable bonds is 3. The van der Waals surface area contributed by atoms with Crippen LogP contribution in [0.25, 0.3) is 11.0 Å². The lowest BCUT2D eigenvalue weighted by atomic mass is 10.1. The van der Waals surface area contributed by atoms with E-state index in [1.165, 1.54) is 6.07 Å². The lowest BCUT2D eigenvalue weighted by molar-refractivity contribution is -0.137. The molecule has 1 saturated carbocycles. The maximum absolute atomic E-state index is 12.8. The Hall–Kier alpha value is -1.23. The molecule has 1 aromatic heterocycles. The highest BCUT2D eigenvalue weighted by atomic mass is 35.5. The molecule has 21 heavy (non-hydrogen) atoms. The molecule has 2 nitrogen and oxygen atoms in total. The van der Waals surface area contributed by atoms with Crippen LogP contribution in [0.4, 0.5) is 13.2 Å². The number of aromatic nitrogens is 2. The summed E-state index contributed by atoms with van der Waals surface area (Å²) in [5.74, 6) is 0.638. The van der Waals surface area contributed by atoms with Crippen LogP contribution in [-0.4, -0.2) is 9.55 Å². The minimum atomic E-state index is -4.35. The predicted octanol–water partition coefficient (Wildman–Crippen LogP) is 5.16. The zero-order chi connectivity index (χ0) is 15.4. The molecule has 1 unspecified atom stereocenters. The molecule has 0 aliphatic heterocycles. The van der Waals surface area contributed by atoms with E-state index in [0.29, 0.717) is 11.3 Å². The summed E-state index contributed by atoms with van der Waals surface area (Å²) in [6, 6.07) is 3.71. The molecule has 1 atom stereocenters. The number of imidazole rings is 1. The van der Waals surface area contributed by atoms with Gasteiger partial charge in [0.15, 0.2) is 0 Å². The third kappa shape index (κ3) is 2.76. The van der Waals surface area contributed by atoms with E-state index < -0.39 is 11.7 Å². The van der Waals surface area contributed by atoms with Gasteiger partial charge in [-0.05, 0) is 43.4 Å². The van der Waals surface area contributed by atoms with E-state index in [2.05, 4.69) is 11.9 Å². The fourth-order valence-corrected chi connectivity index (χ4v) is 2.71. The summed E-state index contributed by atoms with van der Waals surface area (Å²) in [6.45, 7) is 4.71. The first-order valence-corrected chi connectivity index (χ1v) is 7.35. The molecule has 0 bridgehead atoms. The fraction of sp³-hybridized carbons (Fsp3) is 0.533. The first-order chi connectivity index (χ1) is 9.70. The average molecular weight is 317 g/mol. The molecule has 0 amide bonds. The molecule has 0 spiro atoms. The number of hydrogen-bond acceptors (Lipinski definition) is 1. The quantitative estimate of drug-likeness (QED) is 0.716. The highest BCUT2D eigenvalue weighted by Gasteiger charge is 2.39. The zero-order valence-electron chi connectivity index (χ0n) is 11.8. The first kappa shape index (κ1) is 14.7. The maximum atomic E-state index is 12.8. The third-order valence-electron chi connectivity index (χ3n) is 4.10. The second-order valence-electron chi connectivity index (χ2n) is 6.18. The first-order valence-electron chi connectivity index (χ1n) is 6.91. The molecule has 1 heterocycles. The van der Waals surface area contributed by atoms with Crippen molar-refractivity contribution in [2.75, 3.05) is 0 Å². The number of nitrogens with zero attached hydrogens (tertiary/aromatic N) is 2. The summed E-state index contributed by atoms with van der Waals surface area (Å²) in [6.07, 6.45) is -2.10. The predicted molar refractivity (Wildman–Crippen MR) is 76.3 cm³/mol. The maximum Gasteiger partial charge on any atom is 0.416 e. The van der Waals surface area contributed by atoms with Gasteiger partial charge in [0.25, 0.3) is 0 Å². The van der Waals surface area contributed by atoms with E-state index in [0.717, 1.165) is 37.0 Å². The van der Waals surface area contributed by atoms with Gasteiger partial charge in [-0.1, -0.05) is 6.92 Å². The molecular formula is C15H16ClF3N2. The van der Waals surface area contributed by atoms with Crippen LogP contribution in [0.15, 0.2) is 18.2 Å². The molecule has 1 fully saturated rings. The van der Waals surface area contributed by atoms with Gasteiger partial charge in [0, 0.05) is 6.54 Å². The van der Waals surface area contributed by atoms with Crippen LogP contribution in [0.1, 0.15) is 43.5 Å². The van der Waals surface area contributed by atoms with Crippen LogP contribution >= 0.6 is 11.6 Å². The summed E-state index contributed by atoms with van der Waals surface area (Å²) >= 11 is 6.15. The summed E-state index contributed by atoms with van der Waals surface area (Å²) < 4.78 is 40.4. The van der Waals surface area contributed by atoms with Crippen LogP contribution in [0, 0.1) is 5.41 Å². The molecule has 2 aromatic rings. The van der Waals surface area contributed by atoms with E-state index in [1.807, 2.05) is 4.57 Å². The molecule has 114 valence electrons. The highest BCUT2D eigenvalue weighted by molar-refractivity contribution is 6.20. The third-order valence-corrected chi connectivity index (χ3v) is 4.30. The zero-order valence-corrected chi connectivity index (χ0v) is 12.6. The van der Waals surface area contributed by atoms with Gasteiger partial charge in [-0.15, -0.1) is 11.6 Å². The summed E-state index contributed by atoms with van der Waals surface area (Å²) in [5.41, 5.74) is 0.623. The Morgan fingerprint density at radius 3 is 2.57 bits per heavy atom. The molecule has 1 aromatic carbocycles. The lowest BCUT2D eigenvalue weighted by Crippen LogP contribution is -2.11. The van der Waals surface area contributed by atoms with Gasteiger partial charge in [0.1, 0.15) is 5.82 Å². The molecule has 0 N–H and O–H groups in total. The Labute approximate surface area is 125 Å². The molecule has 3 rings (SSSR count). The Morgan fingerprint density at radius 2 is 2.05 bits per heavy atom. The molecule has 0 saturated heterocycles. The number of alkyl halides is 4. The van der Waals surface area contributed by atoms with Crippen molar-refractivity contribution in [2.45, 2.75) is 44.8 Å². The normalized spacial score (nSPS) is 19.0. The smallest absolute Gasteiger partial charge is 0.326 e. The van der Waals surface area contributed by atoms with Gasteiger partial charge < -0.3 is 4.57 Å². The van der Waals surface area contributed by atoms with Crippen molar-refractivity contribution >= 4 is 22.6 Å². The monoisotopic (exact) mass is 316 g/mol. The van der Waals surface area contributed by atoms with E-state index in [4.69, 9.17) is 11.6 Å². The molecule has 6 heteroatoms. The van der Waals surface area contributed by atoms with Crippen molar-refractivity contribution in [2.24, 2.45) is 5.41 Å². The van der Waals surface area contributed by atoms with E-state index in [9.17, 15) is 13.2 Å². The van der Waals surface area contributed by atoms with Crippen molar-refractivity contribution in [3.05, 3.63) is 29.6 Å².